The molecule has 1 aromatic carbocycles. The Morgan fingerprint density at radius 1 is 1.29 bits per heavy atom. The number of ether oxygens (including phenoxy) is 1. The number of fused-ring (bicyclic) bond motifs is 2. The van der Waals surface area contributed by atoms with Gasteiger partial charge in [-0.1, -0.05) is 0 Å². The molecule has 1 aliphatic heterocycles. The zero-order chi connectivity index (χ0) is 22.0. The molecule has 2 heterocycles. The van der Waals surface area contributed by atoms with E-state index in [2.05, 4.69) is 26.3 Å². The highest BCUT2D eigenvalue weighted by atomic mass is 16.5. The highest BCUT2D eigenvalue weighted by Crippen LogP contribution is 2.37. The van der Waals surface area contributed by atoms with Crippen molar-refractivity contribution in [2.75, 3.05) is 26.2 Å². The Bertz CT molecular complexity index is 1010. The van der Waals surface area contributed by atoms with E-state index in [1.165, 1.54) is 0 Å². The molecule has 2 bridgehead atoms. The van der Waals surface area contributed by atoms with Gasteiger partial charge in [0.15, 0.2) is 0 Å². The number of aromatic amines is 2. The van der Waals surface area contributed by atoms with Gasteiger partial charge in [-0.2, -0.15) is 5.26 Å². The lowest BCUT2D eigenvalue weighted by atomic mass is 9.91. The zero-order valence-electron chi connectivity index (χ0n) is 17.4. The minimum absolute atomic E-state index is 0.110. The van der Waals surface area contributed by atoms with Gasteiger partial charge in [0, 0.05) is 25.7 Å². The number of nitriles is 1. The van der Waals surface area contributed by atoms with Gasteiger partial charge in [0.1, 0.15) is 12.4 Å². The van der Waals surface area contributed by atoms with Crippen molar-refractivity contribution in [2.45, 2.75) is 31.7 Å². The number of H-pyrrole nitrogens is 2. The number of carbonyl (C=O) groups excluding carboxylic acids is 1. The van der Waals surface area contributed by atoms with E-state index < -0.39 is 11.6 Å². The maximum absolute atomic E-state index is 12.7. The van der Waals surface area contributed by atoms with E-state index in [0.29, 0.717) is 24.0 Å². The molecule has 1 aliphatic carbocycles. The summed E-state index contributed by atoms with van der Waals surface area (Å²) in [6.45, 7) is 4.85. The van der Waals surface area contributed by atoms with E-state index in [1.807, 2.05) is 0 Å². The standard InChI is InChI=1S/C22H27N5O4/c1-13(18-21(29)26-22(30)25-18)20(28)24-19-15-4-5-16(19)12-27(11-15)8-9-31-17-6-2-14(10-23)3-7-17/h2-3,6-7,13,15-16,19,29H,4-5,8-9,11-12H2,1H3,(H,24,28)(H2,25,26,30). The molecule has 2 aliphatic rings. The second-order valence-electron chi connectivity index (χ2n) is 8.44. The summed E-state index contributed by atoms with van der Waals surface area (Å²) in [5.41, 5.74) is 0.302. The third-order valence-corrected chi connectivity index (χ3v) is 6.44. The number of amides is 1. The molecule has 164 valence electrons. The van der Waals surface area contributed by atoms with Crippen LogP contribution >= 0.6 is 0 Å². The Morgan fingerprint density at radius 3 is 2.55 bits per heavy atom. The number of carbonyl (C=O) groups is 1. The maximum Gasteiger partial charge on any atom is 0.325 e. The molecule has 9 heteroatoms. The van der Waals surface area contributed by atoms with Gasteiger partial charge in [-0.15, -0.1) is 0 Å². The predicted molar refractivity (Wildman–Crippen MR) is 113 cm³/mol. The van der Waals surface area contributed by atoms with Crippen LogP contribution in [0.25, 0.3) is 0 Å². The number of imidazole rings is 1. The molecular weight excluding hydrogens is 398 g/mol. The summed E-state index contributed by atoms with van der Waals surface area (Å²) in [5.74, 6) is 0.395. The number of benzene rings is 1. The van der Waals surface area contributed by atoms with Crippen molar-refractivity contribution in [1.29, 1.82) is 5.26 Å². The summed E-state index contributed by atoms with van der Waals surface area (Å²) in [6.07, 6.45) is 2.15. The van der Waals surface area contributed by atoms with Crippen molar-refractivity contribution in [3.8, 4) is 17.7 Å². The molecule has 4 rings (SSSR count). The van der Waals surface area contributed by atoms with Crippen LogP contribution in [0.15, 0.2) is 29.1 Å². The van der Waals surface area contributed by atoms with Gasteiger partial charge in [0.25, 0.3) is 0 Å². The third-order valence-electron chi connectivity index (χ3n) is 6.44. The molecule has 1 saturated heterocycles. The third kappa shape index (κ3) is 4.59. The first-order chi connectivity index (χ1) is 14.9. The second-order valence-corrected chi connectivity index (χ2v) is 8.44. The first-order valence-electron chi connectivity index (χ1n) is 10.6. The highest BCUT2D eigenvalue weighted by Gasteiger charge is 2.43. The largest absolute Gasteiger partial charge is 0.493 e. The Balaban J connectivity index is 1.27. The van der Waals surface area contributed by atoms with Crippen molar-refractivity contribution in [3.05, 3.63) is 46.0 Å². The van der Waals surface area contributed by atoms with E-state index in [4.69, 9.17) is 10.00 Å². The van der Waals surface area contributed by atoms with E-state index in [0.717, 1.165) is 38.2 Å². The number of nitrogens with zero attached hydrogens (tertiary/aromatic N) is 2. The molecular formula is C22H27N5O4. The van der Waals surface area contributed by atoms with Crippen LogP contribution in [-0.2, 0) is 4.79 Å². The lowest BCUT2D eigenvalue weighted by molar-refractivity contribution is -0.124. The normalized spacial score (nSPS) is 23.8. The molecule has 3 unspecified atom stereocenters. The van der Waals surface area contributed by atoms with Crippen LogP contribution in [-0.4, -0.2) is 58.2 Å². The van der Waals surface area contributed by atoms with Gasteiger partial charge in [-0.3, -0.25) is 14.7 Å². The van der Waals surface area contributed by atoms with E-state index in [1.54, 1.807) is 31.2 Å². The number of piperidine rings is 1. The molecule has 4 N–H and O–H groups in total. The average Bonchev–Trinajstić information content (AvgIpc) is 3.21. The number of hydrogen-bond donors (Lipinski definition) is 4. The summed E-state index contributed by atoms with van der Waals surface area (Å²) >= 11 is 0. The van der Waals surface area contributed by atoms with Crippen LogP contribution in [0.1, 0.15) is 36.9 Å². The van der Waals surface area contributed by atoms with Crippen LogP contribution in [0.4, 0.5) is 0 Å². The van der Waals surface area contributed by atoms with Crippen LogP contribution in [0.5, 0.6) is 11.6 Å². The fourth-order valence-electron chi connectivity index (χ4n) is 4.78. The maximum atomic E-state index is 12.7. The molecule has 1 saturated carbocycles. The first-order valence-corrected chi connectivity index (χ1v) is 10.6. The summed E-state index contributed by atoms with van der Waals surface area (Å²) < 4.78 is 5.81. The van der Waals surface area contributed by atoms with Gasteiger partial charge >= 0.3 is 5.69 Å². The molecule has 3 atom stereocenters. The average molecular weight is 425 g/mol. The van der Waals surface area contributed by atoms with Gasteiger partial charge in [-0.05, 0) is 55.9 Å². The fourth-order valence-corrected chi connectivity index (χ4v) is 4.78. The number of nitrogens with one attached hydrogen (secondary N) is 3. The van der Waals surface area contributed by atoms with Crippen molar-refractivity contribution in [2.24, 2.45) is 11.8 Å². The monoisotopic (exact) mass is 425 g/mol. The van der Waals surface area contributed by atoms with Crippen LogP contribution in [0, 0.1) is 23.2 Å². The molecule has 2 fully saturated rings. The first kappa shape index (κ1) is 21.0. The molecule has 1 amide bonds. The predicted octanol–water partition coefficient (Wildman–Crippen LogP) is 1.29. The lowest BCUT2D eigenvalue weighted by Crippen LogP contribution is -2.53. The SMILES string of the molecule is CC(C(=O)NC1C2CCC1CN(CCOc1ccc(C#N)cc1)C2)c1[nH]c(=O)[nH]c1O. The Kier molecular flexibility index (Phi) is 6.00. The summed E-state index contributed by atoms with van der Waals surface area (Å²) in [7, 11) is 0. The van der Waals surface area contributed by atoms with Crippen molar-refractivity contribution < 1.29 is 14.6 Å². The molecule has 1 aromatic heterocycles. The summed E-state index contributed by atoms with van der Waals surface area (Å²) in [4.78, 5) is 31.2. The van der Waals surface area contributed by atoms with Crippen molar-refractivity contribution >= 4 is 5.91 Å². The quantitative estimate of drug-likeness (QED) is 0.528. The van der Waals surface area contributed by atoms with E-state index in [9.17, 15) is 14.7 Å². The Labute approximate surface area is 180 Å². The minimum atomic E-state index is -0.641. The molecule has 9 nitrogen and oxygen atoms in total. The van der Waals surface area contributed by atoms with E-state index >= 15 is 0 Å². The number of rotatable bonds is 7. The number of hydrogen-bond acceptors (Lipinski definition) is 6. The number of aromatic hydroxyl groups is 1. The van der Waals surface area contributed by atoms with Gasteiger partial charge < -0.3 is 20.1 Å². The van der Waals surface area contributed by atoms with Crippen LogP contribution in [0.3, 0.4) is 0 Å². The van der Waals surface area contributed by atoms with Gasteiger partial charge in [0.05, 0.1) is 23.2 Å². The zero-order valence-corrected chi connectivity index (χ0v) is 17.4. The van der Waals surface area contributed by atoms with E-state index in [-0.39, 0.29) is 23.5 Å². The summed E-state index contributed by atoms with van der Waals surface area (Å²) in [5, 5.41) is 21.8. The molecule has 0 radical (unpaired) electrons. The van der Waals surface area contributed by atoms with Crippen molar-refractivity contribution in [1.82, 2.24) is 20.2 Å². The topological polar surface area (TPSA) is 134 Å². The fraction of sp³-hybridized carbons (Fsp3) is 0.500. The number of likely N-dealkylation sites (tertiary alicyclic amines) is 1. The van der Waals surface area contributed by atoms with Crippen LogP contribution in [0.2, 0.25) is 0 Å². The minimum Gasteiger partial charge on any atom is -0.493 e. The second kappa shape index (κ2) is 8.86. The molecule has 31 heavy (non-hydrogen) atoms. The van der Waals surface area contributed by atoms with Gasteiger partial charge in [-0.25, -0.2) is 4.79 Å². The summed E-state index contributed by atoms with van der Waals surface area (Å²) in [6, 6.07) is 9.30. The smallest absolute Gasteiger partial charge is 0.325 e. The number of aromatic nitrogens is 2. The lowest BCUT2D eigenvalue weighted by Gasteiger charge is -2.38. The van der Waals surface area contributed by atoms with Crippen molar-refractivity contribution in [3.63, 3.8) is 0 Å². The molecule has 2 aromatic rings. The Hall–Kier alpha value is -3.25. The van der Waals surface area contributed by atoms with Crippen LogP contribution < -0.4 is 15.7 Å². The highest BCUT2D eigenvalue weighted by molar-refractivity contribution is 5.83. The van der Waals surface area contributed by atoms with Gasteiger partial charge in [0.2, 0.25) is 11.8 Å². The molecule has 0 spiro atoms. The Morgan fingerprint density at radius 2 is 1.97 bits per heavy atom.